The Hall–Kier alpha value is -2.73. The summed E-state index contributed by atoms with van der Waals surface area (Å²) in [7, 11) is 2.15. The van der Waals surface area contributed by atoms with Crippen molar-refractivity contribution >= 4 is 17.7 Å². The summed E-state index contributed by atoms with van der Waals surface area (Å²) in [5.41, 5.74) is 0.489. The van der Waals surface area contributed by atoms with Crippen molar-refractivity contribution in [1.29, 1.82) is 0 Å². The number of ether oxygens (including phenoxy) is 3. The summed E-state index contributed by atoms with van der Waals surface area (Å²) >= 11 is 0. The fourth-order valence-corrected chi connectivity index (χ4v) is 7.30. The van der Waals surface area contributed by atoms with Crippen LogP contribution in [0.25, 0.3) is 0 Å². The quantitative estimate of drug-likeness (QED) is 0.536. The van der Waals surface area contributed by atoms with Crippen LogP contribution in [0.5, 0.6) is 5.75 Å². The van der Waals surface area contributed by atoms with E-state index < -0.39 is 6.04 Å². The zero-order valence-corrected chi connectivity index (χ0v) is 25.4. The van der Waals surface area contributed by atoms with Crippen LogP contribution >= 0.6 is 0 Å². The average Bonchev–Trinajstić information content (AvgIpc) is 3.04. The normalized spacial score (nSPS) is 30.8. The smallest absolute Gasteiger partial charge is 0.258 e. The number of benzene rings is 1. The lowest BCUT2D eigenvalue weighted by atomic mass is 9.94. The molecule has 11 nitrogen and oxygen atoms in total. The molecule has 0 aromatic heterocycles. The minimum atomic E-state index is -0.633. The number of nitrogens with zero attached hydrogens (tertiary/aromatic N) is 3. The molecule has 236 valence electrons. The van der Waals surface area contributed by atoms with Crippen molar-refractivity contribution in [3.8, 4) is 5.75 Å². The molecular formula is C32H47N5O6. The predicted octanol–water partition coefficient (Wildman–Crippen LogP) is 1.26. The molecule has 5 aliphatic heterocycles. The van der Waals surface area contributed by atoms with Crippen molar-refractivity contribution in [2.75, 3.05) is 66.1 Å². The highest BCUT2D eigenvalue weighted by atomic mass is 16.5. The minimum Gasteiger partial charge on any atom is -0.493 e. The summed E-state index contributed by atoms with van der Waals surface area (Å²) in [5, 5.41) is 6.40. The number of piperazine rings is 1. The molecule has 0 unspecified atom stereocenters. The van der Waals surface area contributed by atoms with E-state index in [0.29, 0.717) is 56.7 Å². The van der Waals surface area contributed by atoms with Crippen LogP contribution in [0.2, 0.25) is 0 Å². The fraction of sp³-hybridized carbons (Fsp3) is 0.719. The third-order valence-electron chi connectivity index (χ3n) is 10.0. The van der Waals surface area contributed by atoms with E-state index in [9.17, 15) is 14.4 Å². The molecule has 0 radical (unpaired) electrons. The molecule has 1 aromatic rings. The number of amides is 3. The Labute approximate surface area is 254 Å². The van der Waals surface area contributed by atoms with E-state index in [0.717, 1.165) is 58.2 Å². The maximum Gasteiger partial charge on any atom is 0.258 e. The van der Waals surface area contributed by atoms with Crippen molar-refractivity contribution < 1.29 is 28.6 Å². The zero-order valence-electron chi connectivity index (χ0n) is 25.4. The summed E-state index contributed by atoms with van der Waals surface area (Å²) in [6, 6.07) is 6.91. The molecular weight excluding hydrogens is 550 g/mol. The standard InChI is InChI=1S/C32H47N5O6/c1-35-13-8-23(9-14-35)36-15-16-37-27(21-36)31(39)33-20-29-26(34-30(38)22-10-17-41-18-11-22)7-6-24(43-29)12-19-42-28-5-3-2-4-25(28)32(37)40/h2-5,22-24,26-27,29H,6-21H2,1H3,(H,33,39)(H,34,38)/t24-,26+,27-,29+/m0/s1. The Kier molecular flexibility index (Phi) is 9.81. The molecule has 2 N–H and O–H groups in total. The number of carbonyl (C=O) groups is 3. The van der Waals surface area contributed by atoms with E-state index in [1.54, 1.807) is 11.0 Å². The third-order valence-corrected chi connectivity index (χ3v) is 10.0. The highest BCUT2D eigenvalue weighted by Crippen LogP contribution is 2.28. The van der Waals surface area contributed by atoms with Gasteiger partial charge in [-0.25, -0.2) is 0 Å². The molecule has 6 rings (SSSR count). The Morgan fingerprint density at radius 2 is 1.72 bits per heavy atom. The number of para-hydroxylation sites is 1. The zero-order chi connectivity index (χ0) is 29.8. The Balaban J connectivity index is 1.22. The maximum absolute atomic E-state index is 14.0. The van der Waals surface area contributed by atoms with Gasteiger partial charge in [0.2, 0.25) is 11.8 Å². The molecule has 3 amide bonds. The number of hydrogen-bond acceptors (Lipinski definition) is 8. The van der Waals surface area contributed by atoms with Gasteiger partial charge in [0.15, 0.2) is 0 Å². The van der Waals surface area contributed by atoms with E-state index in [-0.39, 0.29) is 48.4 Å². The molecule has 43 heavy (non-hydrogen) atoms. The van der Waals surface area contributed by atoms with Crippen molar-refractivity contribution in [2.24, 2.45) is 5.92 Å². The SMILES string of the molecule is CN1CCC(N2CCN3C(=O)c4ccccc4OCC[C@@H]4CC[C@@H](NC(=O)C5CCOCC5)[C@@H](CNC(=O)[C@@H]3C2)O4)CC1. The number of nitrogens with one attached hydrogen (secondary N) is 2. The number of piperidine rings is 1. The monoisotopic (exact) mass is 597 g/mol. The molecule has 4 saturated heterocycles. The van der Waals surface area contributed by atoms with Crippen LogP contribution in [0.1, 0.15) is 55.3 Å². The number of carbonyl (C=O) groups excluding carboxylic acids is 3. The van der Waals surface area contributed by atoms with Gasteiger partial charge >= 0.3 is 0 Å². The number of likely N-dealkylation sites (tertiary alicyclic amines) is 1. The second kappa shape index (κ2) is 13.9. The Bertz CT molecular complexity index is 1140. The van der Waals surface area contributed by atoms with Gasteiger partial charge in [-0.15, -0.1) is 0 Å². The van der Waals surface area contributed by atoms with Gasteiger partial charge in [0, 0.05) is 57.8 Å². The molecule has 0 spiro atoms. The van der Waals surface area contributed by atoms with E-state index in [1.807, 2.05) is 18.2 Å². The van der Waals surface area contributed by atoms with Gasteiger partial charge < -0.3 is 34.6 Å². The van der Waals surface area contributed by atoms with Gasteiger partial charge in [-0.05, 0) is 70.8 Å². The first-order valence-corrected chi connectivity index (χ1v) is 16.2. The van der Waals surface area contributed by atoms with Crippen LogP contribution in [0.3, 0.4) is 0 Å². The van der Waals surface area contributed by atoms with Crippen LogP contribution in [-0.4, -0.2) is 129 Å². The molecule has 11 heteroatoms. The van der Waals surface area contributed by atoms with Crippen LogP contribution in [0.4, 0.5) is 0 Å². The highest BCUT2D eigenvalue weighted by Gasteiger charge is 2.40. The van der Waals surface area contributed by atoms with Crippen LogP contribution in [0.15, 0.2) is 24.3 Å². The summed E-state index contributed by atoms with van der Waals surface area (Å²) in [5.74, 6) is 0.172. The lowest BCUT2D eigenvalue weighted by molar-refractivity contribution is -0.134. The lowest BCUT2D eigenvalue weighted by Gasteiger charge is -2.46. The molecule has 0 saturated carbocycles. The first-order chi connectivity index (χ1) is 21.0. The number of fused-ring (bicyclic) bond motifs is 4. The fourth-order valence-electron chi connectivity index (χ4n) is 7.30. The first-order valence-electron chi connectivity index (χ1n) is 16.2. The largest absolute Gasteiger partial charge is 0.493 e. The van der Waals surface area contributed by atoms with Crippen molar-refractivity contribution in [1.82, 2.24) is 25.3 Å². The maximum atomic E-state index is 14.0. The molecule has 4 atom stereocenters. The first kappa shape index (κ1) is 30.3. The van der Waals surface area contributed by atoms with Gasteiger partial charge in [-0.1, -0.05) is 12.1 Å². The lowest BCUT2D eigenvalue weighted by Crippen LogP contribution is -2.64. The summed E-state index contributed by atoms with van der Waals surface area (Å²) in [6.45, 7) is 5.68. The third kappa shape index (κ3) is 7.16. The predicted molar refractivity (Wildman–Crippen MR) is 160 cm³/mol. The minimum absolute atomic E-state index is 0.0406. The van der Waals surface area contributed by atoms with Gasteiger partial charge in [-0.3, -0.25) is 19.3 Å². The number of hydrogen-bond donors (Lipinski definition) is 2. The summed E-state index contributed by atoms with van der Waals surface area (Å²) in [6.07, 6.45) is 5.36. The van der Waals surface area contributed by atoms with Crippen molar-refractivity contribution in [3.63, 3.8) is 0 Å². The van der Waals surface area contributed by atoms with E-state index in [4.69, 9.17) is 14.2 Å². The average molecular weight is 598 g/mol. The van der Waals surface area contributed by atoms with E-state index in [2.05, 4.69) is 27.5 Å². The van der Waals surface area contributed by atoms with Gasteiger partial charge in [-0.2, -0.15) is 0 Å². The summed E-state index contributed by atoms with van der Waals surface area (Å²) < 4.78 is 18.1. The Morgan fingerprint density at radius 1 is 0.930 bits per heavy atom. The van der Waals surface area contributed by atoms with Crippen LogP contribution in [0, 0.1) is 5.92 Å². The molecule has 5 heterocycles. The van der Waals surface area contributed by atoms with Gasteiger partial charge in [0.25, 0.3) is 5.91 Å². The highest BCUT2D eigenvalue weighted by molar-refractivity contribution is 6.00. The van der Waals surface area contributed by atoms with Crippen LogP contribution in [-0.2, 0) is 19.1 Å². The van der Waals surface area contributed by atoms with E-state index >= 15 is 0 Å². The molecule has 5 aliphatic rings. The molecule has 0 aliphatic carbocycles. The summed E-state index contributed by atoms with van der Waals surface area (Å²) in [4.78, 5) is 47.5. The second-order valence-electron chi connectivity index (χ2n) is 12.8. The van der Waals surface area contributed by atoms with Gasteiger partial charge in [0.1, 0.15) is 11.8 Å². The number of rotatable bonds is 3. The van der Waals surface area contributed by atoms with Crippen molar-refractivity contribution in [2.45, 2.75) is 75.3 Å². The van der Waals surface area contributed by atoms with E-state index in [1.165, 1.54) is 0 Å². The van der Waals surface area contributed by atoms with Crippen LogP contribution < -0.4 is 15.4 Å². The topological polar surface area (TPSA) is 113 Å². The Morgan fingerprint density at radius 3 is 2.53 bits per heavy atom. The van der Waals surface area contributed by atoms with Gasteiger partial charge in [0.05, 0.1) is 30.4 Å². The molecule has 1 aromatic carbocycles. The molecule has 2 bridgehead atoms. The molecule has 4 fully saturated rings. The second-order valence-corrected chi connectivity index (χ2v) is 12.8. The van der Waals surface area contributed by atoms with Crippen molar-refractivity contribution in [3.05, 3.63) is 29.8 Å².